The Hall–Kier alpha value is 0.740. The summed E-state index contributed by atoms with van der Waals surface area (Å²) in [7, 11) is 0. The molecule has 0 fully saturated rings. The van der Waals surface area contributed by atoms with Gasteiger partial charge in [0.05, 0.1) is 4.21 Å². The zero-order valence-electron chi connectivity index (χ0n) is 6.55. The van der Waals surface area contributed by atoms with E-state index in [1.54, 1.807) is 11.3 Å². The molecule has 1 aromatic carbocycles. The molecule has 4 heteroatoms. The predicted molar refractivity (Wildman–Crippen MR) is 74.4 cm³/mol. The Balaban J connectivity index is 2.75. The second-order valence-electron chi connectivity index (χ2n) is 2.71. The van der Waals surface area contributed by atoms with E-state index in [2.05, 4.69) is 69.3 Å². The minimum atomic E-state index is 0.915. The molecule has 0 unspecified atom stereocenters. The van der Waals surface area contributed by atoms with Gasteiger partial charge in [0.1, 0.15) is 0 Å². The quantitative estimate of drug-likeness (QED) is 0.411. The zero-order valence-corrected chi connectivity index (χ0v) is 12.0. The molecule has 1 aromatic heterocycles. The van der Waals surface area contributed by atoms with Crippen molar-refractivity contribution in [2.75, 3.05) is 0 Å². The Morgan fingerprint density at radius 1 is 1.38 bits per heavy atom. The molecule has 0 spiro atoms. The lowest BCUT2D eigenvalue weighted by Crippen LogP contribution is -1.79. The molecule has 68 valence electrons. The topological polar surface area (TPSA) is 0 Å². The highest BCUT2D eigenvalue weighted by atomic mass is 127. The predicted octanol–water partition coefficient (Wildman–Crippen LogP) is 4.69. The number of hydrogen-bond acceptors (Lipinski definition) is 2. The third-order valence-electron chi connectivity index (χ3n) is 1.79. The first kappa shape index (κ1) is 10.3. The van der Waals surface area contributed by atoms with Gasteiger partial charge in [-0.3, -0.25) is 0 Å². The lowest BCUT2D eigenvalue weighted by Gasteiger charge is -1.98. The van der Waals surface area contributed by atoms with Crippen LogP contribution in [0.4, 0.5) is 0 Å². The van der Waals surface area contributed by atoms with Gasteiger partial charge in [-0.05, 0) is 46.4 Å². The average Bonchev–Trinajstić information content (AvgIpc) is 2.46. The van der Waals surface area contributed by atoms with Gasteiger partial charge in [-0.1, -0.05) is 15.9 Å². The minimum Gasteiger partial charge on any atom is -0.133 e. The normalized spacial score (nSPS) is 11.0. The molecule has 13 heavy (non-hydrogen) atoms. The van der Waals surface area contributed by atoms with Crippen LogP contribution >= 0.6 is 62.5 Å². The summed E-state index contributed by atoms with van der Waals surface area (Å²) in [5.41, 5.74) is 1.33. The largest absolute Gasteiger partial charge is 0.133 e. The summed E-state index contributed by atoms with van der Waals surface area (Å²) >= 11 is 11.9. The molecule has 0 atom stereocenters. The van der Waals surface area contributed by atoms with Crippen molar-refractivity contribution in [1.29, 1.82) is 0 Å². The standard InChI is InChI=1S/C9H6BrIS2/c10-4-5-1-7(11)6-3-9(12)13-8(6)2-5/h1-3,12H,4H2. The van der Waals surface area contributed by atoms with Crippen molar-refractivity contribution >= 4 is 72.6 Å². The van der Waals surface area contributed by atoms with Crippen molar-refractivity contribution in [2.45, 2.75) is 9.54 Å². The molecule has 0 saturated heterocycles. The molecule has 0 amide bonds. The van der Waals surface area contributed by atoms with Crippen LogP contribution in [0.15, 0.2) is 22.4 Å². The second kappa shape index (κ2) is 4.08. The van der Waals surface area contributed by atoms with Crippen molar-refractivity contribution in [2.24, 2.45) is 0 Å². The molecule has 0 radical (unpaired) electrons. The molecule has 0 aliphatic carbocycles. The Kier molecular flexibility index (Phi) is 3.22. The average molecular weight is 385 g/mol. The van der Waals surface area contributed by atoms with E-state index < -0.39 is 0 Å². The van der Waals surface area contributed by atoms with Gasteiger partial charge >= 0.3 is 0 Å². The highest BCUT2D eigenvalue weighted by Crippen LogP contribution is 2.32. The van der Waals surface area contributed by atoms with Crippen LogP contribution in [0.5, 0.6) is 0 Å². The highest BCUT2D eigenvalue weighted by molar-refractivity contribution is 14.1. The maximum absolute atomic E-state index is 4.36. The molecule has 0 aliphatic heterocycles. The van der Waals surface area contributed by atoms with Crippen LogP contribution in [0, 0.1) is 3.57 Å². The van der Waals surface area contributed by atoms with Gasteiger partial charge in [0.25, 0.3) is 0 Å². The Morgan fingerprint density at radius 2 is 2.15 bits per heavy atom. The number of hydrogen-bond donors (Lipinski definition) is 1. The third-order valence-corrected chi connectivity index (χ3v) is 4.62. The number of benzene rings is 1. The van der Waals surface area contributed by atoms with Crippen molar-refractivity contribution in [1.82, 2.24) is 0 Å². The molecule has 0 N–H and O–H groups in total. The van der Waals surface area contributed by atoms with Crippen LogP contribution in [0.25, 0.3) is 10.1 Å². The maximum atomic E-state index is 4.36. The van der Waals surface area contributed by atoms with Crippen molar-refractivity contribution in [3.8, 4) is 0 Å². The first-order valence-electron chi connectivity index (χ1n) is 3.67. The van der Waals surface area contributed by atoms with Crippen molar-refractivity contribution < 1.29 is 0 Å². The second-order valence-corrected chi connectivity index (χ2v) is 6.30. The van der Waals surface area contributed by atoms with Gasteiger partial charge in [0.2, 0.25) is 0 Å². The lowest BCUT2D eigenvalue weighted by atomic mass is 10.2. The molecule has 0 nitrogen and oxygen atoms in total. The number of rotatable bonds is 1. The molecule has 0 aliphatic rings. The van der Waals surface area contributed by atoms with E-state index in [-0.39, 0.29) is 0 Å². The summed E-state index contributed by atoms with van der Waals surface area (Å²) in [6.45, 7) is 0. The molecule has 0 bridgehead atoms. The summed E-state index contributed by atoms with van der Waals surface area (Å²) in [6, 6.07) is 6.55. The lowest BCUT2D eigenvalue weighted by molar-refractivity contribution is 1.46. The highest BCUT2D eigenvalue weighted by Gasteiger charge is 2.04. The first-order valence-corrected chi connectivity index (χ1v) is 7.14. The van der Waals surface area contributed by atoms with Gasteiger partial charge in [-0.2, -0.15) is 0 Å². The van der Waals surface area contributed by atoms with Crippen LogP contribution in [-0.4, -0.2) is 0 Å². The minimum absolute atomic E-state index is 0.915. The SMILES string of the molecule is Sc1cc2c(I)cc(CBr)cc2s1. The fraction of sp³-hybridized carbons (Fsp3) is 0.111. The van der Waals surface area contributed by atoms with Crippen LogP contribution in [0.1, 0.15) is 5.56 Å². The van der Waals surface area contributed by atoms with Gasteiger partial charge in [0.15, 0.2) is 0 Å². The van der Waals surface area contributed by atoms with Crippen LogP contribution in [0.2, 0.25) is 0 Å². The van der Waals surface area contributed by atoms with Gasteiger partial charge in [-0.25, -0.2) is 0 Å². The van der Waals surface area contributed by atoms with E-state index >= 15 is 0 Å². The number of alkyl halides is 1. The fourth-order valence-corrected chi connectivity index (χ4v) is 3.88. The monoisotopic (exact) mass is 384 g/mol. The molecule has 2 rings (SSSR count). The fourth-order valence-electron chi connectivity index (χ4n) is 1.21. The molecular weight excluding hydrogens is 379 g/mol. The zero-order chi connectivity index (χ0) is 9.42. The van der Waals surface area contributed by atoms with Crippen molar-refractivity contribution in [3.63, 3.8) is 0 Å². The summed E-state index contributed by atoms with van der Waals surface area (Å²) in [6.07, 6.45) is 0. The van der Waals surface area contributed by atoms with E-state index in [1.165, 1.54) is 19.2 Å². The molecule has 0 saturated carbocycles. The van der Waals surface area contributed by atoms with Gasteiger partial charge in [0, 0.05) is 19.0 Å². The van der Waals surface area contributed by atoms with E-state index in [0.717, 1.165) is 9.54 Å². The first-order chi connectivity index (χ1) is 6.20. The van der Waals surface area contributed by atoms with Gasteiger partial charge in [-0.15, -0.1) is 24.0 Å². The summed E-state index contributed by atoms with van der Waals surface area (Å²) in [4.78, 5) is 0. The van der Waals surface area contributed by atoms with Crippen molar-refractivity contribution in [3.05, 3.63) is 27.3 Å². The number of thiophene rings is 1. The molecular formula is C9H6BrIS2. The van der Waals surface area contributed by atoms with E-state index in [0.29, 0.717) is 0 Å². The molecule has 1 heterocycles. The summed E-state index contributed by atoms with van der Waals surface area (Å²) in [5, 5.41) is 2.24. The van der Waals surface area contributed by atoms with Crippen LogP contribution in [-0.2, 0) is 5.33 Å². The Bertz CT molecular complexity index is 450. The number of halogens is 2. The number of thiol groups is 1. The maximum Gasteiger partial charge on any atom is 0.0581 e. The third kappa shape index (κ3) is 2.06. The van der Waals surface area contributed by atoms with Crippen LogP contribution in [0.3, 0.4) is 0 Å². The van der Waals surface area contributed by atoms with Gasteiger partial charge < -0.3 is 0 Å². The smallest absolute Gasteiger partial charge is 0.0581 e. The number of fused-ring (bicyclic) bond motifs is 1. The Labute approximate surface area is 108 Å². The Morgan fingerprint density at radius 3 is 2.85 bits per heavy atom. The van der Waals surface area contributed by atoms with E-state index in [1.807, 2.05) is 0 Å². The van der Waals surface area contributed by atoms with E-state index in [4.69, 9.17) is 0 Å². The van der Waals surface area contributed by atoms with Crippen LogP contribution < -0.4 is 0 Å². The van der Waals surface area contributed by atoms with E-state index in [9.17, 15) is 0 Å². The summed E-state index contributed by atoms with van der Waals surface area (Å²) < 4.78 is 3.71. The molecule has 2 aromatic rings. The summed E-state index contributed by atoms with van der Waals surface area (Å²) in [5.74, 6) is 0.